The summed E-state index contributed by atoms with van der Waals surface area (Å²) in [4.78, 5) is 13.7. The molecule has 0 spiro atoms. The fourth-order valence-corrected chi connectivity index (χ4v) is 4.19. The van der Waals surface area contributed by atoms with Crippen LogP contribution in [-0.4, -0.2) is 74.5 Å². The summed E-state index contributed by atoms with van der Waals surface area (Å²) in [5.41, 5.74) is 1.23. The van der Waals surface area contributed by atoms with E-state index < -0.39 is 0 Å². The van der Waals surface area contributed by atoms with E-state index in [0.717, 1.165) is 70.6 Å². The van der Waals surface area contributed by atoms with Crippen molar-refractivity contribution in [1.29, 1.82) is 0 Å². The Morgan fingerprint density at radius 2 is 2.04 bits per heavy atom. The first kappa shape index (κ1) is 18.5. The van der Waals surface area contributed by atoms with Gasteiger partial charge in [-0.15, -0.1) is 0 Å². The van der Waals surface area contributed by atoms with Crippen molar-refractivity contribution in [3.63, 3.8) is 0 Å². The predicted molar refractivity (Wildman–Crippen MR) is 106 cm³/mol. The van der Waals surface area contributed by atoms with Crippen LogP contribution in [0.15, 0.2) is 23.3 Å². The van der Waals surface area contributed by atoms with Gasteiger partial charge < -0.3 is 24.6 Å². The number of nitrogens with one attached hydrogen (secondary N) is 1. The number of pyridine rings is 1. The molecule has 3 saturated heterocycles. The average Bonchev–Trinajstić information content (AvgIpc) is 3.43. The second kappa shape index (κ2) is 8.89. The molecule has 2 atom stereocenters. The molecule has 7 heteroatoms. The normalized spacial score (nSPS) is 26.6. The summed E-state index contributed by atoms with van der Waals surface area (Å²) in [6, 6.07) is 4.27. The summed E-state index contributed by atoms with van der Waals surface area (Å²) in [5, 5.41) is 3.52. The summed E-state index contributed by atoms with van der Waals surface area (Å²) in [6.07, 6.45) is 7.05. The standard InChI is InChI=1S/C20H31N5O2/c1-21-20(25-10-12-27-18(15-25)17-5-4-11-26-17)23-14-16-6-7-22-19(13-16)24-8-2-3-9-24/h6-7,13,17-18H,2-5,8-12,14-15H2,1H3,(H,21,23). The SMILES string of the molecule is CN=C(NCc1ccnc(N2CCCC2)c1)N1CCOC(C2CCCO2)C1. The number of morpholine rings is 1. The van der Waals surface area contributed by atoms with E-state index in [2.05, 4.69) is 37.2 Å². The van der Waals surface area contributed by atoms with Crippen LogP contribution in [0.25, 0.3) is 0 Å². The number of anilines is 1. The Kier molecular flexibility index (Phi) is 6.09. The van der Waals surface area contributed by atoms with Crippen LogP contribution in [0.4, 0.5) is 5.82 Å². The Bertz CT molecular complexity index is 641. The molecule has 1 aromatic heterocycles. The number of hydrogen-bond donors (Lipinski definition) is 1. The molecule has 0 bridgehead atoms. The quantitative estimate of drug-likeness (QED) is 0.639. The summed E-state index contributed by atoms with van der Waals surface area (Å²) < 4.78 is 11.8. The maximum Gasteiger partial charge on any atom is 0.194 e. The molecule has 3 aliphatic rings. The predicted octanol–water partition coefficient (Wildman–Crippen LogP) is 1.64. The highest BCUT2D eigenvalue weighted by molar-refractivity contribution is 5.80. The molecule has 4 heterocycles. The van der Waals surface area contributed by atoms with Gasteiger partial charge in [0.15, 0.2) is 5.96 Å². The van der Waals surface area contributed by atoms with E-state index in [1.165, 1.54) is 18.4 Å². The molecular weight excluding hydrogens is 342 g/mol. The van der Waals surface area contributed by atoms with Crippen molar-refractivity contribution >= 4 is 11.8 Å². The first-order valence-electron chi connectivity index (χ1n) is 10.2. The van der Waals surface area contributed by atoms with Crippen LogP contribution in [0.2, 0.25) is 0 Å². The van der Waals surface area contributed by atoms with Crippen LogP contribution in [0.3, 0.4) is 0 Å². The minimum absolute atomic E-state index is 0.141. The smallest absolute Gasteiger partial charge is 0.194 e. The second-order valence-corrected chi connectivity index (χ2v) is 7.52. The number of ether oxygens (including phenoxy) is 2. The van der Waals surface area contributed by atoms with E-state index in [0.29, 0.717) is 0 Å². The molecule has 0 amide bonds. The number of guanidine groups is 1. The maximum atomic E-state index is 5.96. The Labute approximate surface area is 161 Å². The van der Waals surface area contributed by atoms with Crippen molar-refractivity contribution in [3.05, 3.63) is 23.9 Å². The lowest BCUT2D eigenvalue weighted by Crippen LogP contribution is -2.53. The van der Waals surface area contributed by atoms with Crippen LogP contribution in [-0.2, 0) is 16.0 Å². The number of aromatic nitrogens is 1. The van der Waals surface area contributed by atoms with Gasteiger partial charge in [-0.2, -0.15) is 0 Å². The number of nitrogens with zero attached hydrogens (tertiary/aromatic N) is 4. The van der Waals surface area contributed by atoms with Gasteiger partial charge in [-0.1, -0.05) is 0 Å². The monoisotopic (exact) mass is 373 g/mol. The average molecular weight is 374 g/mol. The number of rotatable bonds is 4. The van der Waals surface area contributed by atoms with Crippen molar-refractivity contribution in [3.8, 4) is 0 Å². The third kappa shape index (κ3) is 4.52. The summed E-state index contributed by atoms with van der Waals surface area (Å²) >= 11 is 0. The molecule has 0 radical (unpaired) electrons. The molecule has 148 valence electrons. The first-order valence-corrected chi connectivity index (χ1v) is 10.2. The fraction of sp³-hybridized carbons (Fsp3) is 0.700. The van der Waals surface area contributed by atoms with Gasteiger partial charge in [-0.05, 0) is 43.4 Å². The van der Waals surface area contributed by atoms with Crippen molar-refractivity contribution in [1.82, 2.24) is 15.2 Å². The zero-order valence-electron chi connectivity index (χ0n) is 16.3. The van der Waals surface area contributed by atoms with Gasteiger partial charge in [0.1, 0.15) is 11.9 Å². The maximum absolute atomic E-state index is 5.96. The van der Waals surface area contributed by atoms with E-state index in [9.17, 15) is 0 Å². The number of aliphatic imine (C=N–C) groups is 1. The summed E-state index contributed by atoms with van der Waals surface area (Å²) in [6.45, 7) is 6.25. The zero-order valence-corrected chi connectivity index (χ0v) is 16.3. The van der Waals surface area contributed by atoms with Crippen LogP contribution < -0.4 is 10.2 Å². The largest absolute Gasteiger partial charge is 0.375 e. The Balaban J connectivity index is 1.34. The molecule has 4 rings (SSSR count). The van der Waals surface area contributed by atoms with Crippen LogP contribution in [0, 0.1) is 0 Å². The third-order valence-electron chi connectivity index (χ3n) is 5.67. The van der Waals surface area contributed by atoms with E-state index in [-0.39, 0.29) is 12.2 Å². The molecule has 0 aromatic carbocycles. The van der Waals surface area contributed by atoms with E-state index >= 15 is 0 Å². The van der Waals surface area contributed by atoms with Gasteiger partial charge in [-0.25, -0.2) is 4.98 Å². The highest BCUT2D eigenvalue weighted by atomic mass is 16.5. The molecule has 1 N–H and O–H groups in total. The van der Waals surface area contributed by atoms with Crippen LogP contribution in [0.1, 0.15) is 31.2 Å². The highest BCUT2D eigenvalue weighted by Crippen LogP contribution is 2.21. The molecule has 0 aliphatic carbocycles. The van der Waals surface area contributed by atoms with Gasteiger partial charge in [-0.3, -0.25) is 4.99 Å². The van der Waals surface area contributed by atoms with Gasteiger partial charge in [0.05, 0.1) is 12.7 Å². The minimum Gasteiger partial charge on any atom is -0.375 e. The molecule has 3 fully saturated rings. The molecule has 0 saturated carbocycles. The summed E-state index contributed by atoms with van der Waals surface area (Å²) in [7, 11) is 1.85. The Morgan fingerprint density at radius 1 is 1.19 bits per heavy atom. The van der Waals surface area contributed by atoms with Crippen LogP contribution >= 0.6 is 0 Å². The highest BCUT2D eigenvalue weighted by Gasteiger charge is 2.32. The van der Waals surface area contributed by atoms with Gasteiger partial charge in [0, 0.05) is 52.6 Å². The van der Waals surface area contributed by atoms with Gasteiger partial charge in [0.25, 0.3) is 0 Å². The molecule has 2 unspecified atom stereocenters. The van der Waals surface area contributed by atoms with Crippen molar-refractivity contribution in [2.75, 3.05) is 51.3 Å². The van der Waals surface area contributed by atoms with Crippen molar-refractivity contribution < 1.29 is 9.47 Å². The van der Waals surface area contributed by atoms with Crippen molar-refractivity contribution in [2.45, 2.75) is 44.4 Å². The first-order chi connectivity index (χ1) is 13.3. The van der Waals surface area contributed by atoms with E-state index in [1.807, 2.05) is 13.2 Å². The lowest BCUT2D eigenvalue weighted by molar-refractivity contribution is -0.0817. The molecule has 7 nitrogen and oxygen atoms in total. The third-order valence-corrected chi connectivity index (χ3v) is 5.67. The molecule has 1 aromatic rings. The van der Waals surface area contributed by atoms with Gasteiger partial charge >= 0.3 is 0 Å². The fourth-order valence-electron chi connectivity index (χ4n) is 4.19. The van der Waals surface area contributed by atoms with Gasteiger partial charge in [0.2, 0.25) is 0 Å². The zero-order chi connectivity index (χ0) is 18.5. The van der Waals surface area contributed by atoms with E-state index in [4.69, 9.17) is 9.47 Å². The minimum atomic E-state index is 0.141. The second-order valence-electron chi connectivity index (χ2n) is 7.52. The lowest BCUT2D eigenvalue weighted by atomic mass is 10.1. The van der Waals surface area contributed by atoms with Crippen molar-refractivity contribution in [2.24, 2.45) is 4.99 Å². The van der Waals surface area contributed by atoms with Crippen LogP contribution in [0.5, 0.6) is 0 Å². The lowest BCUT2D eigenvalue weighted by Gasteiger charge is -2.37. The Hall–Kier alpha value is -1.86. The molecule has 27 heavy (non-hydrogen) atoms. The molecule has 3 aliphatic heterocycles. The topological polar surface area (TPSA) is 62.2 Å². The summed E-state index contributed by atoms with van der Waals surface area (Å²) in [5.74, 6) is 2.02. The number of hydrogen-bond acceptors (Lipinski definition) is 5. The van der Waals surface area contributed by atoms with E-state index in [1.54, 1.807) is 0 Å². The Morgan fingerprint density at radius 3 is 2.81 bits per heavy atom. The molecular formula is C20H31N5O2.